The lowest BCUT2D eigenvalue weighted by atomic mass is 10.2. The molecule has 3 rings (SSSR count). The minimum Gasteiger partial charge on any atom is -0.382 e. The number of nitrogens with one attached hydrogen (secondary N) is 1. The summed E-state index contributed by atoms with van der Waals surface area (Å²) >= 11 is 7.20. The number of benzene rings is 2. The second kappa shape index (κ2) is 10.7. The van der Waals surface area contributed by atoms with E-state index >= 15 is 0 Å². The molecule has 0 aliphatic heterocycles. The Kier molecular flexibility index (Phi) is 8.06. The van der Waals surface area contributed by atoms with Crippen molar-refractivity contribution in [3.05, 3.63) is 63.2 Å². The highest BCUT2D eigenvalue weighted by atomic mass is 35.5. The van der Waals surface area contributed by atoms with E-state index in [1.165, 1.54) is 6.07 Å². The van der Waals surface area contributed by atoms with E-state index in [1.54, 1.807) is 41.8 Å². The van der Waals surface area contributed by atoms with Gasteiger partial charge in [0.1, 0.15) is 5.82 Å². The summed E-state index contributed by atoms with van der Waals surface area (Å²) in [6.07, 6.45) is 0.636. The van der Waals surface area contributed by atoms with Crippen molar-refractivity contribution in [2.24, 2.45) is 0 Å². The van der Waals surface area contributed by atoms with Crippen LogP contribution >= 0.6 is 23.4 Å². The van der Waals surface area contributed by atoms with Crippen LogP contribution in [0.5, 0.6) is 0 Å². The molecule has 0 saturated heterocycles. The third kappa shape index (κ3) is 6.06. The van der Waals surface area contributed by atoms with E-state index in [1.807, 2.05) is 6.92 Å². The van der Waals surface area contributed by atoms with Crippen molar-refractivity contribution >= 4 is 45.9 Å². The third-order valence-corrected chi connectivity index (χ3v) is 5.76. The molecule has 0 unspecified atom stereocenters. The van der Waals surface area contributed by atoms with Gasteiger partial charge in [-0.05, 0) is 56.2 Å². The molecule has 164 valence electrons. The normalized spacial score (nSPS) is 11.1. The number of aromatic nitrogens is 2. The third-order valence-electron chi connectivity index (χ3n) is 4.54. The summed E-state index contributed by atoms with van der Waals surface area (Å²) in [5, 5.41) is 4.02. The average Bonchev–Trinajstić information content (AvgIpc) is 2.73. The van der Waals surface area contributed by atoms with Crippen molar-refractivity contribution in [2.75, 3.05) is 24.3 Å². The molecule has 0 radical (unpaired) electrons. The van der Waals surface area contributed by atoms with E-state index in [2.05, 4.69) is 10.3 Å². The molecule has 0 saturated carbocycles. The maximum atomic E-state index is 13.7. The first-order chi connectivity index (χ1) is 14.9. The highest BCUT2D eigenvalue weighted by Gasteiger charge is 2.14. The Morgan fingerprint density at radius 3 is 2.84 bits per heavy atom. The number of carbonyl (C=O) groups excluding carboxylic acids is 1. The number of hydrogen-bond donors (Lipinski definition) is 1. The molecule has 6 nitrogen and oxygen atoms in total. The van der Waals surface area contributed by atoms with Gasteiger partial charge in [0.25, 0.3) is 5.56 Å². The standard InChI is InChI=1S/C22H23ClFN3O3S/c1-3-30-10-4-9-27-21(29)17-8-6-15(23)11-19(17)26-22(27)31-13-20(28)25-16-7-5-14(2)18(24)12-16/h5-8,11-12H,3-4,9-10,13H2,1-2H3,(H,25,28). The van der Waals surface area contributed by atoms with E-state index in [9.17, 15) is 14.0 Å². The van der Waals surface area contributed by atoms with Crippen molar-refractivity contribution in [3.63, 3.8) is 0 Å². The van der Waals surface area contributed by atoms with Crippen molar-refractivity contribution in [2.45, 2.75) is 32.0 Å². The van der Waals surface area contributed by atoms with Crippen molar-refractivity contribution in [1.82, 2.24) is 9.55 Å². The predicted octanol–water partition coefficient (Wildman–Crippen LogP) is 4.65. The minimum absolute atomic E-state index is 0.0134. The first-order valence-electron chi connectivity index (χ1n) is 9.85. The van der Waals surface area contributed by atoms with E-state index in [0.717, 1.165) is 11.8 Å². The van der Waals surface area contributed by atoms with Crippen LogP contribution in [0.3, 0.4) is 0 Å². The molecule has 0 fully saturated rings. The molecule has 9 heteroatoms. The number of nitrogens with zero attached hydrogens (tertiary/aromatic N) is 2. The fourth-order valence-electron chi connectivity index (χ4n) is 2.95. The lowest BCUT2D eigenvalue weighted by molar-refractivity contribution is -0.113. The number of thioether (sulfide) groups is 1. The Bertz CT molecular complexity index is 1150. The van der Waals surface area contributed by atoms with Gasteiger partial charge in [-0.1, -0.05) is 29.4 Å². The number of carbonyl (C=O) groups is 1. The number of halogens is 2. The van der Waals surface area contributed by atoms with Gasteiger partial charge in [-0.25, -0.2) is 9.37 Å². The van der Waals surface area contributed by atoms with Crippen LogP contribution in [0.2, 0.25) is 5.02 Å². The molecule has 1 heterocycles. The van der Waals surface area contributed by atoms with Crippen LogP contribution < -0.4 is 10.9 Å². The average molecular weight is 464 g/mol. The zero-order valence-corrected chi connectivity index (χ0v) is 18.9. The number of fused-ring (bicyclic) bond motifs is 1. The molecule has 3 aromatic rings. The molecule has 1 aromatic heterocycles. The summed E-state index contributed by atoms with van der Waals surface area (Å²) in [5.41, 5.74) is 1.16. The van der Waals surface area contributed by atoms with Crippen LogP contribution in [0.25, 0.3) is 10.9 Å². The largest absolute Gasteiger partial charge is 0.382 e. The summed E-state index contributed by atoms with van der Waals surface area (Å²) in [6.45, 7) is 5.10. The monoisotopic (exact) mass is 463 g/mol. The van der Waals surface area contributed by atoms with Crippen molar-refractivity contribution < 1.29 is 13.9 Å². The number of rotatable bonds is 9. The Morgan fingerprint density at radius 2 is 2.10 bits per heavy atom. The molecule has 0 bridgehead atoms. The summed E-state index contributed by atoms with van der Waals surface area (Å²) < 4.78 is 20.6. The van der Waals surface area contributed by atoms with Crippen molar-refractivity contribution in [3.8, 4) is 0 Å². The maximum absolute atomic E-state index is 13.7. The van der Waals surface area contributed by atoms with Crippen molar-refractivity contribution in [1.29, 1.82) is 0 Å². The summed E-state index contributed by atoms with van der Waals surface area (Å²) in [7, 11) is 0. The van der Waals surface area contributed by atoms with Crippen LogP contribution in [0.1, 0.15) is 18.9 Å². The molecular weight excluding hydrogens is 441 g/mol. The lowest BCUT2D eigenvalue weighted by Gasteiger charge is -2.13. The molecular formula is C22H23ClFN3O3S. The topological polar surface area (TPSA) is 73.2 Å². The maximum Gasteiger partial charge on any atom is 0.262 e. The van der Waals surface area contributed by atoms with Crippen LogP contribution in [0.4, 0.5) is 10.1 Å². The van der Waals surface area contributed by atoms with Gasteiger partial charge in [-0.3, -0.25) is 14.2 Å². The smallest absolute Gasteiger partial charge is 0.262 e. The van der Waals surface area contributed by atoms with Gasteiger partial charge < -0.3 is 10.1 Å². The molecule has 2 aromatic carbocycles. The van der Waals surface area contributed by atoms with Gasteiger partial charge in [-0.15, -0.1) is 0 Å². The number of hydrogen-bond acceptors (Lipinski definition) is 5. The SMILES string of the molecule is CCOCCCn1c(SCC(=O)Nc2ccc(C)c(F)c2)nc2cc(Cl)ccc2c1=O. The Hall–Kier alpha value is -2.42. The fourth-order valence-corrected chi connectivity index (χ4v) is 3.94. The minimum atomic E-state index is -0.387. The van der Waals surface area contributed by atoms with E-state index in [0.29, 0.717) is 58.5 Å². The summed E-state index contributed by atoms with van der Waals surface area (Å²) in [4.78, 5) is 30.0. The first-order valence-corrected chi connectivity index (χ1v) is 11.2. The number of amides is 1. The van der Waals surface area contributed by atoms with Crippen LogP contribution in [-0.2, 0) is 16.1 Å². The molecule has 0 atom stereocenters. The van der Waals surface area contributed by atoms with Gasteiger partial charge in [0, 0.05) is 30.5 Å². The Balaban J connectivity index is 1.80. The fraction of sp³-hybridized carbons (Fsp3) is 0.318. The Morgan fingerprint density at radius 1 is 1.29 bits per heavy atom. The molecule has 0 spiro atoms. The van der Waals surface area contributed by atoms with E-state index < -0.39 is 0 Å². The van der Waals surface area contributed by atoms with E-state index in [4.69, 9.17) is 16.3 Å². The summed E-state index contributed by atoms with van der Waals surface area (Å²) in [5.74, 6) is -0.698. The van der Waals surface area contributed by atoms with Gasteiger partial charge in [-0.2, -0.15) is 0 Å². The van der Waals surface area contributed by atoms with Gasteiger partial charge in [0.15, 0.2) is 5.16 Å². The zero-order valence-electron chi connectivity index (χ0n) is 17.3. The molecule has 0 aliphatic carbocycles. The van der Waals surface area contributed by atoms with E-state index in [-0.39, 0.29) is 23.0 Å². The molecule has 1 amide bonds. The second-order valence-corrected chi connectivity index (χ2v) is 8.24. The lowest BCUT2D eigenvalue weighted by Crippen LogP contribution is -2.25. The van der Waals surface area contributed by atoms with Gasteiger partial charge in [0.2, 0.25) is 5.91 Å². The molecule has 31 heavy (non-hydrogen) atoms. The zero-order chi connectivity index (χ0) is 22.4. The number of anilines is 1. The van der Waals surface area contributed by atoms with Gasteiger partial charge >= 0.3 is 0 Å². The van der Waals surface area contributed by atoms with Gasteiger partial charge in [0.05, 0.1) is 16.7 Å². The highest BCUT2D eigenvalue weighted by Crippen LogP contribution is 2.21. The molecule has 0 aliphatic rings. The first kappa shape index (κ1) is 23.2. The quantitative estimate of drug-likeness (QED) is 0.284. The number of ether oxygens (including phenoxy) is 1. The predicted molar refractivity (Wildman–Crippen MR) is 123 cm³/mol. The number of aryl methyl sites for hydroxylation is 1. The second-order valence-electron chi connectivity index (χ2n) is 6.86. The Labute approximate surface area is 188 Å². The summed E-state index contributed by atoms with van der Waals surface area (Å²) in [6, 6.07) is 9.45. The highest BCUT2D eigenvalue weighted by molar-refractivity contribution is 7.99. The molecule has 1 N–H and O–H groups in total. The van der Waals surface area contributed by atoms with Crippen LogP contribution in [0.15, 0.2) is 46.3 Å². The van der Waals surface area contributed by atoms with Crippen LogP contribution in [-0.4, -0.2) is 34.4 Å². The van der Waals surface area contributed by atoms with Crippen LogP contribution in [0, 0.1) is 12.7 Å².